The zero-order valence-electron chi connectivity index (χ0n) is 14.9. The molecule has 1 heterocycles. The number of benzene rings is 2. The Hall–Kier alpha value is -3.59. The van der Waals surface area contributed by atoms with Crippen LogP contribution in [0.3, 0.4) is 0 Å². The van der Waals surface area contributed by atoms with Gasteiger partial charge in [-0.2, -0.15) is 10.2 Å². The van der Waals surface area contributed by atoms with Crippen LogP contribution in [0.4, 0.5) is 0 Å². The van der Waals surface area contributed by atoms with Gasteiger partial charge in [0.25, 0.3) is 5.89 Å². The SMILES string of the molecule is CC(C)Oc1ccc(-c2nc(-c3cccc4c3CC=C4O)no2)cc1C#N. The number of fused-ring (bicyclic) bond motifs is 1. The summed E-state index contributed by atoms with van der Waals surface area (Å²) in [6.45, 7) is 3.81. The van der Waals surface area contributed by atoms with Crippen molar-refractivity contribution in [1.29, 1.82) is 5.26 Å². The van der Waals surface area contributed by atoms with Crippen LogP contribution in [0, 0.1) is 11.3 Å². The Kier molecular flexibility index (Phi) is 4.13. The predicted molar refractivity (Wildman–Crippen MR) is 100.0 cm³/mol. The monoisotopic (exact) mass is 359 g/mol. The molecule has 3 aromatic rings. The third-order valence-electron chi connectivity index (χ3n) is 4.33. The summed E-state index contributed by atoms with van der Waals surface area (Å²) in [5, 5.41) is 23.4. The highest BCUT2D eigenvalue weighted by Gasteiger charge is 2.21. The first-order valence-corrected chi connectivity index (χ1v) is 8.63. The van der Waals surface area contributed by atoms with Gasteiger partial charge in [-0.25, -0.2) is 0 Å². The summed E-state index contributed by atoms with van der Waals surface area (Å²) in [6, 6.07) is 13.0. The normalized spacial score (nSPS) is 12.6. The number of hydrogen-bond acceptors (Lipinski definition) is 6. The largest absolute Gasteiger partial charge is 0.508 e. The molecule has 4 rings (SSSR count). The number of ether oxygens (including phenoxy) is 1. The second-order valence-corrected chi connectivity index (χ2v) is 6.54. The van der Waals surface area contributed by atoms with E-state index in [0.717, 1.165) is 16.7 Å². The zero-order valence-corrected chi connectivity index (χ0v) is 14.9. The van der Waals surface area contributed by atoms with Gasteiger partial charge in [-0.3, -0.25) is 0 Å². The number of aliphatic hydroxyl groups is 1. The lowest BCUT2D eigenvalue weighted by Gasteiger charge is -2.11. The highest BCUT2D eigenvalue weighted by Crippen LogP contribution is 2.34. The minimum Gasteiger partial charge on any atom is -0.508 e. The van der Waals surface area contributed by atoms with E-state index in [-0.39, 0.29) is 11.9 Å². The van der Waals surface area contributed by atoms with Gasteiger partial charge in [0.15, 0.2) is 0 Å². The number of aromatic nitrogens is 2. The molecule has 6 nitrogen and oxygen atoms in total. The topological polar surface area (TPSA) is 92.2 Å². The maximum Gasteiger partial charge on any atom is 0.258 e. The fourth-order valence-corrected chi connectivity index (χ4v) is 3.12. The van der Waals surface area contributed by atoms with Crippen molar-refractivity contribution in [2.45, 2.75) is 26.4 Å². The first-order chi connectivity index (χ1) is 13.1. The maximum absolute atomic E-state index is 9.94. The smallest absolute Gasteiger partial charge is 0.258 e. The molecule has 0 saturated carbocycles. The van der Waals surface area contributed by atoms with Gasteiger partial charge in [0.2, 0.25) is 5.82 Å². The first-order valence-electron chi connectivity index (χ1n) is 8.63. The predicted octanol–water partition coefficient (Wildman–Crippen LogP) is 4.52. The number of hydrogen-bond donors (Lipinski definition) is 1. The first kappa shape index (κ1) is 16.9. The van der Waals surface area contributed by atoms with Gasteiger partial charge in [-0.15, -0.1) is 0 Å². The summed E-state index contributed by atoms with van der Waals surface area (Å²) >= 11 is 0. The van der Waals surface area contributed by atoms with Crippen molar-refractivity contribution in [3.05, 3.63) is 59.2 Å². The molecule has 0 unspecified atom stereocenters. The Labute approximate surface area is 156 Å². The van der Waals surface area contributed by atoms with Crippen LogP contribution in [0.15, 0.2) is 47.0 Å². The molecule has 27 heavy (non-hydrogen) atoms. The minimum atomic E-state index is -0.0249. The van der Waals surface area contributed by atoms with Crippen molar-refractivity contribution in [3.63, 3.8) is 0 Å². The molecule has 1 aliphatic carbocycles. The van der Waals surface area contributed by atoms with E-state index in [9.17, 15) is 10.4 Å². The molecular weight excluding hydrogens is 342 g/mol. The number of nitriles is 1. The van der Waals surface area contributed by atoms with Crippen LogP contribution < -0.4 is 4.74 Å². The van der Waals surface area contributed by atoms with E-state index in [0.29, 0.717) is 35.0 Å². The Bertz CT molecular complexity index is 1090. The number of nitrogens with zero attached hydrogens (tertiary/aromatic N) is 3. The molecule has 0 saturated heterocycles. The van der Waals surface area contributed by atoms with Gasteiger partial charge in [0.1, 0.15) is 17.6 Å². The number of aliphatic hydroxyl groups excluding tert-OH is 1. The summed E-state index contributed by atoms with van der Waals surface area (Å²) in [7, 11) is 0. The average Bonchev–Trinajstić information content (AvgIpc) is 3.29. The molecule has 0 radical (unpaired) electrons. The molecule has 0 atom stereocenters. The number of rotatable bonds is 4. The van der Waals surface area contributed by atoms with E-state index < -0.39 is 0 Å². The zero-order chi connectivity index (χ0) is 19.0. The van der Waals surface area contributed by atoms with Crippen LogP contribution in [0.5, 0.6) is 5.75 Å². The quantitative estimate of drug-likeness (QED) is 0.736. The second-order valence-electron chi connectivity index (χ2n) is 6.54. The van der Waals surface area contributed by atoms with Crippen LogP contribution in [0.2, 0.25) is 0 Å². The Morgan fingerprint density at radius 2 is 2.04 bits per heavy atom. The van der Waals surface area contributed by atoms with E-state index in [1.165, 1.54) is 0 Å². The van der Waals surface area contributed by atoms with Gasteiger partial charge < -0.3 is 14.4 Å². The fraction of sp³-hybridized carbons (Fsp3) is 0.190. The van der Waals surface area contributed by atoms with E-state index in [4.69, 9.17) is 9.26 Å². The lowest BCUT2D eigenvalue weighted by atomic mass is 10.0. The van der Waals surface area contributed by atoms with Gasteiger partial charge in [-0.1, -0.05) is 23.4 Å². The Morgan fingerprint density at radius 3 is 2.81 bits per heavy atom. The minimum absolute atomic E-state index is 0.0249. The van der Waals surface area contributed by atoms with Crippen molar-refractivity contribution in [3.8, 4) is 34.7 Å². The van der Waals surface area contributed by atoms with Crippen molar-refractivity contribution >= 4 is 5.76 Å². The third kappa shape index (κ3) is 3.04. The van der Waals surface area contributed by atoms with Gasteiger partial charge in [0, 0.05) is 16.7 Å². The van der Waals surface area contributed by atoms with Gasteiger partial charge >= 0.3 is 0 Å². The van der Waals surface area contributed by atoms with Crippen LogP contribution >= 0.6 is 0 Å². The molecule has 1 aromatic heterocycles. The molecule has 0 bridgehead atoms. The van der Waals surface area contributed by atoms with Crippen LogP contribution in [-0.4, -0.2) is 21.4 Å². The molecule has 1 N–H and O–H groups in total. The van der Waals surface area contributed by atoms with E-state index in [1.54, 1.807) is 24.3 Å². The summed E-state index contributed by atoms with van der Waals surface area (Å²) in [6.07, 6.45) is 2.37. The van der Waals surface area contributed by atoms with E-state index in [1.807, 2.05) is 32.0 Å². The van der Waals surface area contributed by atoms with Crippen molar-refractivity contribution < 1.29 is 14.4 Å². The van der Waals surface area contributed by atoms with E-state index in [2.05, 4.69) is 16.2 Å². The van der Waals surface area contributed by atoms with Crippen molar-refractivity contribution in [2.24, 2.45) is 0 Å². The highest BCUT2D eigenvalue weighted by atomic mass is 16.5. The molecule has 134 valence electrons. The van der Waals surface area contributed by atoms with Gasteiger partial charge in [-0.05, 0) is 50.1 Å². The van der Waals surface area contributed by atoms with E-state index >= 15 is 0 Å². The van der Waals surface area contributed by atoms with Gasteiger partial charge in [0.05, 0.1) is 11.7 Å². The fourth-order valence-electron chi connectivity index (χ4n) is 3.12. The maximum atomic E-state index is 9.94. The summed E-state index contributed by atoms with van der Waals surface area (Å²) < 4.78 is 11.1. The summed E-state index contributed by atoms with van der Waals surface area (Å²) in [5.74, 6) is 1.57. The van der Waals surface area contributed by atoms with Crippen LogP contribution in [0.25, 0.3) is 28.6 Å². The van der Waals surface area contributed by atoms with Crippen molar-refractivity contribution in [1.82, 2.24) is 10.1 Å². The summed E-state index contributed by atoms with van der Waals surface area (Å²) in [5.41, 5.74) is 3.65. The highest BCUT2D eigenvalue weighted by molar-refractivity contribution is 5.76. The lowest BCUT2D eigenvalue weighted by molar-refractivity contribution is 0.241. The van der Waals surface area contributed by atoms with Crippen LogP contribution in [0.1, 0.15) is 30.5 Å². The van der Waals surface area contributed by atoms with Crippen molar-refractivity contribution in [2.75, 3.05) is 0 Å². The molecule has 0 amide bonds. The molecule has 2 aromatic carbocycles. The number of allylic oxidation sites excluding steroid dienone is 1. The lowest BCUT2D eigenvalue weighted by Crippen LogP contribution is -2.06. The Morgan fingerprint density at radius 1 is 1.22 bits per heavy atom. The second kappa shape index (κ2) is 6.61. The molecular formula is C21H17N3O3. The average molecular weight is 359 g/mol. The molecule has 1 aliphatic rings. The molecule has 0 aliphatic heterocycles. The molecule has 6 heteroatoms. The summed E-state index contributed by atoms with van der Waals surface area (Å²) in [4.78, 5) is 4.49. The molecule has 0 fully saturated rings. The standard InChI is InChI=1S/C21H17N3O3/c1-12(2)26-19-9-6-13(10-14(19)11-22)21-23-20(24-27-21)17-5-3-4-16-15(17)7-8-18(16)25/h3-6,8-10,12,25H,7H2,1-2H3. The third-order valence-corrected chi connectivity index (χ3v) is 4.33. The van der Waals surface area contributed by atoms with Crippen LogP contribution in [-0.2, 0) is 6.42 Å². The molecule has 0 spiro atoms. The Balaban J connectivity index is 1.70.